The van der Waals surface area contributed by atoms with Crippen molar-refractivity contribution < 1.29 is 19.1 Å². The first kappa shape index (κ1) is 30.1. The summed E-state index contributed by atoms with van der Waals surface area (Å²) in [6.07, 6.45) is 2.87. The number of hydrogen-bond acceptors (Lipinski definition) is 6. The summed E-state index contributed by atoms with van der Waals surface area (Å²) in [6.45, 7) is 5.41. The van der Waals surface area contributed by atoms with Crippen LogP contribution in [0, 0.1) is 0 Å². The number of carbonyl (C=O) groups excluding carboxylic acids is 3. The number of fused-ring (bicyclic) bond motifs is 1. The van der Waals surface area contributed by atoms with Crippen LogP contribution in [0.15, 0.2) is 91.1 Å². The van der Waals surface area contributed by atoms with Gasteiger partial charge >= 0.3 is 0 Å². The monoisotopic (exact) mass is 605 g/mol. The number of anilines is 1. The zero-order valence-corrected chi connectivity index (χ0v) is 26.0. The number of nitrogens with one attached hydrogen (secondary N) is 1. The molecular formula is C36H39N5O4. The van der Waals surface area contributed by atoms with Gasteiger partial charge in [-0.2, -0.15) is 0 Å². The molecule has 3 heterocycles. The third-order valence-corrected chi connectivity index (χ3v) is 9.12. The minimum Gasteiger partial charge on any atom is -0.497 e. The Morgan fingerprint density at radius 1 is 0.956 bits per heavy atom. The fourth-order valence-corrected chi connectivity index (χ4v) is 6.50. The fourth-order valence-electron chi connectivity index (χ4n) is 6.50. The maximum absolute atomic E-state index is 14.2. The maximum atomic E-state index is 14.2. The van der Waals surface area contributed by atoms with Crippen molar-refractivity contribution in [3.63, 3.8) is 0 Å². The Morgan fingerprint density at radius 3 is 2.33 bits per heavy atom. The van der Waals surface area contributed by atoms with Gasteiger partial charge in [0.2, 0.25) is 11.8 Å². The number of rotatable bonds is 8. The smallest absolute Gasteiger partial charge is 0.253 e. The Hall–Kier alpha value is -4.92. The van der Waals surface area contributed by atoms with Gasteiger partial charge < -0.3 is 24.8 Å². The molecule has 0 unspecified atom stereocenters. The van der Waals surface area contributed by atoms with Crippen LogP contribution in [-0.4, -0.2) is 77.0 Å². The highest BCUT2D eigenvalue weighted by Crippen LogP contribution is 2.40. The molecule has 0 saturated carbocycles. The lowest BCUT2D eigenvalue weighted by Gasteiger charge is -2.44. The van der Waals surface area contributed by atoms with Crippen LogP contribution >= 0.6 is 0 Å². The topological polar surface area (TPSA) is 95.1 Å². The zero-order chi connectivity index (χ0) is 31.6. The highest BCUT2D eigenvalue weighted by atomic mass is 16.5. The van der Waals surface area contributed by atoms with Gasteiger partial charge in [0.1, 0.15) is 17.3 Å². The Morgan fingerprint density at radius 2 is 1.64 bits per heavy atom. The molecule has 0 aliphatic carbocycles. The second-order valence-corrected chi connectivity index (χ2v) is 12.1. The molecule has 1 N–H and O–H groups in total. The number of methoxy groups -OCH3 is 1. The van der Waals surface area contributed by atoms with E-state index in [4.69, 9.17) is 4.74 Å². The maximum Gasteiger partial charge on any atom is 0.253 e. The van der Waals surface area contributed by atoms with Gasteiger partial charge in [-0.1, -0.05) is 48.5 Å². The number of piperidine rings is 1. The molecule has 9 heteroatoms. The van der Waals surface area contributed by atoms with Crippen molar-refractivity contribution >= 4 is 34.3 Å². The van der Waals surface area contributed by atoms with Crippen LogP contribution < -0.4 is 15.0 Å². The van der Waals surface area contributed by atoms with E-state index < -0.39 is 11.6 Å². The van der Waals surface area contributed by atoms with E-state index in [0.29, 0.717) is 50.3 Å². The molecule has 3 aromatic carbocycles. The van der Waals surface area contributed by atoms with E-state index in [1.165, 1.54) is 0 Å². The van der Waals surface area contributed by atoms with Crippen LogP contribution in [0.4, 0.5) is 5.69 Å². The van der Waals surface area contributed by atoms with Crippen molar-refractivity contribution in [3.8, 4) is 5.75 Å². The quantitative estimate of drug-likeness (QED) is 0.314. The summed E-state index contributed by atoms with van der Waals surface area (Å²) in [5.41, 5.74) is 2.37. The van der Waals surface area contributed by atoms with Crippen molar-refractivity contribution in [1.29, 1.82) is 0 Å². The SMILES string of the molecule is COc1ccc(C[C@@H](NC(=O)c2cnc3ccccc3c2)C(=O)N2CCC3(CC2)C(=O)N(C(C)C)CN3c2ccccc2)cc1. The molecule has 4 aromatic rings. The third kappa shape index (κ3) is 5.94. The molecule has 45 heavy (non-hydrogen) atoms. The molecule has 1 aromatic heterocycles. The third-order valence-electron chi connectivity index (χ3n) is 9.12. The number of aromatic nitrogens is 1. The molecule has 9 nitrogen and oxygen atoms in total. The van der Waals surface area contributed by atoms with E-state index in [2.05, 4.69) is 15.2 Å². The lowest BCUT2D eigenvalue weighted by molar-refractivity contribution is -0.140. The fraction of sp³-hybridized carbons (Fsp3) is 0.333. The summed E-state index contributed by atoms with van der Waals surface area (Å²) in [6, 6.07) is 26.2. The number of nitrogens with zero attached hydrogens (tertiary/aromatic N) is 4. The number of likely N-dealkylation sites (tertiary alicyclic amines) is 1. The highest BCUT2D eigenvalue weighted by Gasteiger charge is 2.54. The number of ether oxygens (including phenoxy) is 1. The summed E-state index contributed by atoms with van der Waals surface area (Å²) in [7, 11) is 1.61. The molecule has 2 fully saturated rings. The predicted molar refractivity (Wildman–Crippen MR) is 174 cm³/mol. The van der Waals surface area contributed by atoms with Gasteiger partial charge in [-0.25, -0.2) is 0 Å². The first-order valence-corrected chi connectivity index (χ1v) is 15.5. The molecule has 6 rings (SSSR count). The zero-order valence-electron chi connectivity index (χ0n) is 26.0. The van der Waals surface area contributed by atoms with Crippen LogP contribution in [-0.2, 0) is 16.0 Å². The summed E-state index contributed by atoms with van der Waals surface area (Å²) in [5.74, 6) is 0.303. The van der Waals surface area contributed by atoms with Gasteiger partial charge in [0, 0.05) is 42.8 Å². The number of para-hydroxylation sites is 2. The van der Waals surface area contributed by atoms with Crippen LogP contribution in [0.3, 0.4) is 0 Å². The van der Waals surface area contributed by atoms with Gasteiger partial charge in [0.05, 0.1) is 24.9 Å². The minimum absolute atomic E-state index is 0.0661. The average molecular weight is 606 g/mol. The van der Waals surface area contributed by atoms with E-state index >= 15 is 0 Å². The normalized spacial score (nSPS) is 16.8. The molecule has 1 spiro atoms. The largest absolute Gasteiger partial charge is 0.497 e. The van der Waals surface area contributed by atoms with Crippen molar-refractivity contribution in [3.05, 3.63) is 102 Å². The summed E-state index contributed by atoms with van der Waals surface area (Å²) < 4.78 is 5.30. The number of pyridine rings is 1. The molecule has 2 aliphatic heterocycles. The lowest BCUT2D eigenvalue weighted by atomic mass is 9.85. The molecule has 232 valence electrons. The van der Waals surface area contributed by atoms with E-state index in [1.54, 1.807) is 24.3 Å². The minimum atomic E-state index is -0.803. The van der Waals surface area contributed by atoms with Gasteiger partial charge in [0.25, 0.3) is 5.91 Å². The van der Waals surface area contributed by atoms with Crippen molar-refractivity contribution in [2.45, 2.75) is 50.7 Å². The Balaban J connectivity index is 1.23. The molecule has 0 bridgehead atoms. The average Bonchev–Trinajstić information content (AvgIpc) is 3.36. The Bertz CT molecular complexity index is 1680. The van der Waals surface area contributed by atoms with E-state index in [0.717, 1.165) is 22.2 Å². The van der Waals surface area contributed by atoms with Crippen molar-refractivity contribution in [1.82, 2.24) is 20.1 Å². The van der Waals surface area contributed by atoms with Crippen LogP contribution in [0.2, 0.25) is 0 Å². The number of hydrogen-bond donors (Lipinski definition) is 1. The molecular weight excluding hydrogens is 566 g/mol. The van der Waals surface area contributed by atoms with Gasteiger partial charge in [-0.3, -0.25) is 19.4 Å². The predicted octanol–water partition coefficient (Wildman–Crippen LogP) is 4.66. The number of amides is 3. The first-order chi connectivity index (χ1) is 21.8. The molecule has 0 radical (unpaired) electrons. The molecule has 2 aliphatic rings. The summed E-state index contributed by atoms with van der Waals surface area (Å²) in [4.78, 5) is 52.0. The Labute approximate surface area is 263 Å². The second-order valence-electron chi connectivity index (χ2n) is 12.1. The Kier molecular flexibility index (Phi) is 8.43. The second kappa shape index (κ2) is 12.6. The van der Waals surface area contributed by atoms with Gasteiger partial charge in [0.15, 0.2) is 0 Å². The standard InChI is InChI=1S/C36H39N5O4/c1-25(2)40-24-41(29-10-5-4-6-11-29)36(35(40)44)17-19-39(20-18-36)34(43)32(21-26-13-15-30(45-3)16-14-26)38-33(42)28-22-27-9-7-8-12-31(27)37-23-28/h4-16,22-23,25,32H,17-21,24H2,1-3H3,(H,38,42)/t32-/m1/s1. The van der Waals surface area contributed by atoms with E-state index in [1.807, 2.05) is 97.6 Å². The lowest BCUT2D eigenvalue weighted by Crippen LogP contribution is -2.60. The van der Waals surface area contributed by atoms with Crippen molar-refractivity contribution in [2.24, 2.45) is 0 Å². The van der Waals surface area contributed by atoms with E-state index in [-0.39, 0.29) is 23.8 Å². The van der Waals surface area contributed by atoms with Gasteiger partial charge in [-0.15, -0.1) is 0 Å². The number of carbonyl (C=O) groups is 3. The first-order valence-electron chi connectivity index (χ1n) is 15.5. The summed E-state index contributed by atoms with van der Waals surface area (Å²) in [5, 5.41) is 3.86. The van der Waals surface area contributed by atoms with Crippen LogP contribution in [0.5, 0.6) is 5.75 Å². The van der Waals surface area contributed by atoms with E-state index in [9.17, 15) is 14.4 Å². The summed E-state index contributed by atoms with van der Waals surface area (Å²) >= 11 is 0. The molecule has 3 amide bonds. The van der Waals surface area contributed by atoms with Crippen LogP contribution in [0.1, 0.15) is 42.6 Å². The van der Waals surface area contributed by atoms with Crippen molar-refractivity contribution in [2.75, 3.05) is 31.8 Å². The van der Waals surface area contributed by atoms with Crippen LogP contribution in [0.25, 0.3) is 10.9 Å². The highest BCUT2D eigenvalue weighted by molar-refractivity contribution is 6.00. The number of benzene rings is 3. The molecule has 2 saturated heterocycles. The van der Waals surface area contributed by atoms with Gasteiger partial charge in [-0.05, 0) is 68.7 Å². The molecule has 1 atom stereocenters.